The van der Waals surface area contributed by atoms with Crippen molar-refractivity contribution < 1.29 is 14.7 Å². The second kappa shape index (κ2) is 5.81. The summed E-state index contributed by atoms with van der Waals surface area (Å²) in [6.07, 6.45) is 1.59. The van der Waals surface area contributed by atoms with Crippen molar-refractivity contribution >= 4 is 33.6 Å². The second-order valence-corrected chi connectivity index (χ2v) is 4.89. The zero-order chi connectivity index (χ0) is 13.9. The molecule has 1 N–H and O–H groups in total. The summed E-state index contributed by atoms with van der Waals surface area (Å²) in [7, 11) is 4.98. The average molecular weight is 316 g/mol. The maximum absolute atomic E-state index is 12.1. The van der Waals surface area contributed by atoms with E-state index in [0.717, 1.165) is 4.90 Å². The molecule has 7 heteroatoms. The first kappa shape index (κ1) is 14.4. The van der Waals surface area contributed by atoms with E-state index in [1.54, 1.807) is 31.3 Å². The SMILES string of the molecule is CN(CC(=O)O)C(=O)c1cc(Br)cnc1N(C)C. The Morgan fingerprint density at radius 3 is 2.50 bits per heavy atom. The summed E-state index contributed by atoms with van der Waals surface area (Å²) in [6, 6.07) is 1.63. The molecule has 0 bridgehead atoms. The fourth-order valence-electron chi connectivity index (χ4n) is 1.43. The van der Waals surface area contributed by atoms with E-state index in [4.69, 9.17) is 5.11 Å². The summed E-state index contributed by atoms with van der Waals surface area (Å²) in [4.78, 5) is 29.7. The number of carbonyl (C=O) groups is 2. The van der Waals surface area contributed by atoms with E-state index in [9.17, 15) is 9.59 Å². The number of aromatic nitrogens is 1. The van der Waals surface area contributed by atoms with Gasteiger partial charge in [0.25, 0.3) is 5.91 Å². The van der Waals surface area contributed by atoms with E-state index in [1.807, 2.05) is 0 Å². The van der Waals surface area contributed by atoms with Crippen LogP contribution in [-0.2, 0) is 4.79 Å². The largest absolute Gasteiger partial charge is 0.480 e. The van der Waals surface area contributed by atoms with Crippen molar-refractivity contribution in [3.05, 3.63) is 22.3 Å². The molecule has 0 aliphatic carbocycles. The van der Waals surface area contributed by atoms with E-state index in [2.05, 4.69) is 20.9 Å². The molecule has 98 valence electrons. The molecule has 0 aromatic carbocycles. The molecule has 1 heterocycles. The van der Waals surface area contributed by atoms with Gasteiger partial charge >= 0.3 is 5.97 Å². The monoisotopic (exact) mass is 315 g/mol. The molecule has 1 rings (SSSR count). The van der Waals surface area contributed by atoms with E-state index in [1.165, 1.54) is 7.05 Å². The van der Waals surface area contributed by atoms with Crippen LogP contribution >= 0.6 is 15.9 Å². The Morgan fingerprint density at radius 1 is 1.39 bits per heavy atom. The molecule has 6 nitrogen and oxygen atoms in total. The third kappa shape index (κ3) is 3.43. The van der Waals surface area contributed by atoms with Crippen molar-refractivity contribution in [3.63, 3.8) is 0 Å². The Hall–Kier alpha value is -1.63. The van der Waals surface area contributed by atoms with Crippen LogP contribution in [0, 0.1) is 0 Å². The van der Waals surface area contributed by atoms with Crippen LogP contribution in [0.4, 0.5) is 5.82 Å². The standard InChI is InChI=1S/C11H14BrN3O3/c1-14(2)10-8(4-7(12)5-13-10)11(18)15(3)6-9(16)17/h4-5H,6H2,1-3H3,(H,16,17). The van der Waals surface area contributed by atoms with Crippen molar-refractivity contribution in [1.29, 1.82) is 0 Å². The van der Waals surface area contributed by atoms with Gasteiger partial charge in [0.2, 0.25) is 0 Å². The van der Waals surface area contributed by atoms with Gasteiger partial charge in [-0.05, 0) is 22.0 Å². The number of likely N-dealkylation sites (N-methyl/N-ethyl adjacent to an activating group) is 1. The third-order valence-corrected chi connectivity index (χ3v) is 2.64. The van der Waals surface area contributed by atoms with Gasteiger partial charge in [0, 0.05) is 31.8 Å². The number of hydrogen-bond donors (Lipinski definition) is 1. The van der Waals surface area contributed by atoms with Crippen LogP contribution < -0.4 is 4.90 Å². The smallest absolute Gasteiger partial charge is 0.323 e. The fraction of sp³-hybridized carbons (Fsp3) is 0.364. The van der Waals surface area contributed by atoms with E-state index in [0.29, 0.717) is 15.9 Å². The van der Waals surface area contributed by atoms with Crippen molar-refractivity contribution in [1.82, 2.24) is 9.88 Å². The highest BCUT2D eigenvalue weighted by atomic mass is 79.9. The van der Waals surface area contributed by atoms with E-state index >= 15 is 0 Å². The third-order valence-electron chi connectivity index (χ3n) is 2.21. The predicted octanol–water partition coefficient (Wildman–Crippen LogP) is 1.07. The number of carbonyl (C=O) groups excluding carboxylic acids is 1. The van der Waals surface area contributed by atoms with Crippen LogP contribution in [0.5, 0.6) is 0 Å². The van der Waals surface area contributed by atoms with E-state index in [-0.39, 0.29) is 12.5 Å². The predicted molar refractivity (Wildman–Crippen MR) is 70.9 cm³/mol. The molecule has 0 spiro atoms. The minimum Gasteiger partial charge on any atom is -0.480 e. The first-order chi connectivity index (χ1) is 8.32. The fourth-order valence-corrected chi connectivity index (χ4v) is 1.76. The number of carboxylic acid groups (broad SMARTS) is 1. The second-order valence-electron chi connectivity index (χ2n) is 3.97. The average Bonchev–Trinajstić information content (AvgIpc) is 2.26. The normalized spacial score (nSPS) is 10.0. The highest BCUT2D eigenvalue weighted by Gasteiger charge is 2.20. The summed E-state index contributed by atoms with van der Waals surface area (Å²) >= 11 is 3.25. The van der Waals surface area contributed by atoms with Crippen LogP contribution in [-0.4, -0.2) is 54.6 Å². The molecule has 0 aliphatic rings. The Kier molecular flexibility index (Phi) is 4.66. The molecule has 0 radical (unpaired) electrons. The van der Waals surface area contributed by atoms with Crippen molar-refractivity contribution in [2.75, 3.05) is 32.6 Å². The number of amides is 1. The number of halogens is 1. The van der Waals surface area contributed by atoms with Crippen molar-refractivity contribution in [2.45, 2.75) is 0 Å². The Labute approximate surface area is 113 Å². The lowest BCUT2D eigenvalue weighted by atomic mass is 10.2. The lowest BCUT2D eigenvalue weighted by molar-refractivity contribution is -0.137. The first-order valence-corrected chi connectivity index (χ1v) is 5.92. The molecule has 0 unspecified atom stereocenters. The molecule has 1 aromatic heterocycles. The van der Waals surface area contributed by atoms with Gasteiger partial charge in [-0.2, -0.15) is 0 Å². The Morgan fingerprint density at radius 2 is 2.00 bits per heavy atom. The molecular formula is C11H14BrN3O3. The summed E-state index contributed by atoms with van der Waals surface area (Å²) in [6.45, 7) is -0.349. The van der Waals surface area contributed by atoms with Crippen LogP contribution in [0.25, 0.3) is 0 Å². The van der Waals surface area contributed by atoms with Gasteiger partial charge in [-0.25, -0.2) is 4.98 Å². The zero-order valence-electron chi connectivity index (χ0n) is 10.3. The van der Waals surface area contributed by atoms with Crippen LogP contribution in [0.15, 0.2) is 16.7 Å². The number of carboxylic acids is 1. The van der Waals surface area contributed by atoms with Gasteiger partial charge < -0.3 is 14.9 Å². The molecule has 1 amide bonds. The number of hydrogen-bond acceptors (Lipinski definition) is 4. The van der Waals surface area contributed by atoms with Gasteiger partial charge in [-0.1, -0.05) is 0 Å². The maximum Gasteiger partial charge on any atom is 0.323 e. The van der Waals surface area contributed by atoms with Crippen LogP contribution in [0.2, 0.25) is 0 Å². The Balaban J connectivity index is 3.11. The number of anilines is 1. The minimum atomic E-state index is -1.06. The van der Waals surface area contributed by atoms with Gasteiger partial charge in [0.15, 0.2) is 0 Å². The molecule has 0 saturated heterocycles. The number of nitrogens with zero attached hydrogens (tertiary/aromatic N) is 3. The van der Waals surface area contributed by atoms with Crippen LogP contribution in [0.1, 0.15) is 10.4 Å². The molecule has 0 saturated carbocycles. The lowest BCUT2D eigenvalue weighted by Crippen LogP contribution is -2.33. The maximum atomic E-state index is 12.1. The Bertz CT molecular complexity index is 477. The van der Waals surface area contributed by atoms with Gasteiger partial charge in [-0.3, -0.25) is 9.59 Å². The summed E-state index contributed by atoms with van der Waals surface area (Å²) in [5, 5.41) is 8.68. The highest BCUT2D eigenvalue weighted by Crippen LogP contribution is 2.21. The molecule has 18 heavy (non-hydrogen) atoms. The molecule has 0 atom stereocenters. The minimum absolute atomic E-state index is 0.349. The topological polar surface area (TPSA) is 73.7 Å². The quantitative estimate of drug-likeness (QED) is 0.899. The number of rotatable bonds is 4. The number of pyridine rings is 1. The summed E-state index contributed by atoms with van der Waals surface area (Å²) < 4.78 is 0.667. The lowest BCUT2D eigenvalue weighted by Gasteiger charge is -2.20. The summed E-state index contributed by atoms with van der Waals surface area (Å²) in [5.41, 5.74) is 0.359. The zero-order valence-corrected chi connectivity index (χ0v) is 11.9. The first-order valence-electron chi connectivity index (χ1n) is 5.13. The number of aliphatic carboxylic acids is 1. The summed E-state index contributed by atoms with van der Waals surface area (Å²) in [5.74, 6) is -0.935. The van der Waals surface area contributed by atoms with Gasteiger partial charge in [-0.15, -0.1) is 0 Å². The van der Waals surface area contributed by atoms with Gasteiger partial charge in [0.1, 0.15) is 12.4 Å². The van der Waals surface area contributed by atoms with Gasteiger partial charge in [0.05, 0.1) is 5.56 Å². The molecule has 0 fully saturated rings. The molecule has 0 aliphatic heterocycles. The van der Waals surface area contributed by atoms with Crippen molar-refractivity contribution in [3.8, 4) is 0 Å². The molecule has 1 aromatic rings. The van der Waals surface area contributed by atoms with Crippen molar-refractivity contribution in [2.24, 2.45) is 0 Å². The molecular weight excluding hydrogens is 302 g/mol. The highest BCUT2D eigenvalue weighted by molar-refractivity contribution is 9.10. The van der Waals surface area contributed by atoms with E-state index < -0.39 is 5.97 Å². The van der Waals surface area contributed by atoms with Crippen LogP contribution in [0.3, 0.4) is 0 Å².